The van der Waals surface area contributed by atoms with Crippen LogP contribution < -0.4 is 15.5 Å². The number of aryl methyl sites for hydroxylation is 1. The Kier molecular flexibility index (Phi) is 4.83. The van der Waals surface area contributed by atoms with Crippen LogP contribution in [0, 0.1) is 12.8 Å². The quantitative estimate of drug-likeness (QED) is 0.758. The molecule has 5 amide bonds. The summed E-state index contributed by atoms with van der Waals surface area (Å²) in [5, 5.41) is 3.55. The van der Waals surface area contributed by atoms with E-state index in [1.165, 1.54) is 42.5 Å². The summed E-state index contributed by atoms with van der Waals surface area (Å²) in [5.74, 6) is -7.42. The predicted molar refractivity (Wildman–Crippen MR) is 106 cm³/mol. The monoisotopic (exact) mass is 444 g/mol. The van der Waals surface area contributed by atoms with Crippen LogP contribution in [0.15, 0.2) is 59.6 Å². The van der Waals surface area contributed by atoms with Crippen molar-refractivity contribution in [2.75, 3.05) is 4.90 Å². The van der Waals surface area contributed by atoms with E-state index in [0.717, 1.165) is 4.90 Å². The number of para-hydroxylation sites is 1. The van der Waals surface area contributed by atoms with E-state index in [9.17, 15) is 32.3 Å². The lowest BCUT2D eigenvalue weighted by molar-refractivity contribution is -0.201. The Balaban J connectivity index is 1.83. The number of carbonyl (C=O) groups is 4. The number of alkyl halides is 3. The summed E-state index contributed by atoms with van der Waals surface area (Å²) in [5.41, 5.74) is -3.12. The van der Waals surface area contributed by atoms with Crippen molar-refractivity contribution in [3.63, 3.8) is 0 Å². The molecule has 4 rings (SSSR count). The average molecular weight is 444 g/mol. The van der Waals surface area contributed by atoms with Gasteiger partial charge in [-0.1, -0.05) is 35.9 Å². The number of halogens is 3. The number of rotatable bonds is 3. The summed E-state index contributed by atoms with van der Waals surface area (Å²) in [6, 6.07) is 12.1. The molecule has 11 heteroatoms. The van der Waals surface area contributed by atoms with Crippen LogP contribution in [0.25, 0.3) is 0 Å². The van der Waals surface area contributed by atoms with Gasteiger partial charge in [-0.05, 0) is 31.2 Å². The molecule has 2 unspecified atom stereocenters. The molecule has 0 radical (unpaired) electrons. The first-order valence-electron chi connectivity index (χ1n) is 9.35. The molecule has 164 valence electrons. The van der Waals surface area contributed by atoms with Crippen LogP contribution in [0.5, 0.6) is 0 Å². The largest absolute Gasteiger partial charge is 0.422 e. The van der Waals surface area contributed by atoms with E-state index in [0.29, 0.717) is 5.56 Å². The third-order valence-electron chi connectivity index (χ3n) is 5.22. The SMILES string of the molecule is Cc1cccc(C(=O)NC2(C(F)(F)F)C(=O)N=C3C2C(=O)NC(=O)N3c2ccccc2)c1. The van der Waals surface area contributed by atoms with Gasteiger partial charge in [-0.25, -0.2) is 9.69 Å². The van der Waals surface area contributed by atoms with Gasteiger partial charge in [0.25, 0.3) is 11.8 Å². The minimum Gasteiger partial charge on any atom is -0.329 e. The van der Waals surface area contributed by atoms with Crippen LogP contribution in [-0.2, 0) is 9.59 Å². The van der Waals surface area contributed by atoms with Gasteiger partial charge in [0, 0.05) is 5.56 Å². The highest BCUT2D eigenvalue weighted by Gasteiger charge is 2.74. The smallest absolute Gasteiger partial charge is 0.329 e. The number of hydrogen-bond donors (Lipinski definition) is 2. The van der Waals surface area contributed by atoms with Crippen molar-refractivity contribution in [1.82, 2.24) is 10.6 Å². The van der Waals surface area contributed by atoms with Gasteiger partial charge in [-0.2, -0.15) is 18.2 Å². The molecule has 0 bridgehead atoms. The molecule has 1 saturated heterocycles. The van der Waals surface area contributed by atoms with E-state index in [4.69, 9.17) is 0 Å². The zero-order valence-corrected chi connectivity index (χ0v) is 16.4. The molecular weight excluding hydrogens is 429 g/mol. The van der Waals surface area contributed by atoms with E-state index in [1.807, 2.05) is 5.32 Å². The van der Waals surface area contributed by atoms with Crippen molar-refractivity contribution >= 4 is 35.3 Å². The van der Waals surface area contributed by atoms with Gasteiger partial charge in [0.2, 0.25) is 11.4 Å². The fraction of sp³-hybridized carbons (Fsp3) is 0.190. The first-order chi connectivity index (χ1) is 15.1. The molecule has 2 aromatic rings. The van der Waals surface area contributed by atoms with Crippen LogP contribution in [0.2, 0.25) is 0 Å². The molecule has 2 N–H and O–H groups in total. The molecule has 2 atom stereocenters. The molecule has 2 aromatic carbocycles. The first kappa shape index (κ1) is 21.2. The molecule has 8 nitrogen and oxygen atoms in total. The topological polar surface area (TPSA) is 108 Å². The second kappa shape index (κ2) is 7.29. The number of amidine groups is 1. The van der Waals surface area contributed by atoms with Crippen LogP contribution in [0.4, 0.5) is 23.7 Å². The Hall–Kier alpha value is -4.02. The summed E-state index contributed by atoms with van der Waals surface area (Å²) >= 11 is 0. The fourth-order valence-electron chi connectivity index (χ4n) is 3.75. The van der Waals surface area contributed by atoms with Crippen molar-refractivity contribution in [2.24, 2.45) is 10.9 Å². The van der Waals surface area contributed by atoms with Gasteiger partial charge in [0.05, 0.1) is 5.69 Å². The number of carbonyl (C=O) groups excluding carboxylic acids is 4. The number of benzene rings is 2. The molecular formula is C21H15F3N4O4. The van der Waals surface area contributed by atoms with Crippen molar-refractivity contribution < 1.29 is 32.3 Å². The second-order valence-electron chi connectivity index (χ2n) is 7.30. The average Bonchev–Trinajstić information content (AvgIpc) is 3.02. The Morgan fingerprint density at radius 2 is 1.78 bits per heavy atom. The lowest BCUT2D eigenvalue weighted by atomic mass is 9.81. The number of amides is 5. The summed E-state index contributed by atoms with van der Waals surface area (Å²) in [7, 11) is 0. The van der Waals surface area contributed by atoms with Gasteiger partial charge in [-0.15, -0.1) is 0 Å². The molecule has 2 aliphatic rings. The number of aliphatic imine (C=N–C) groups is 1. The molecule has 32 heavy (non-hydrogen) atoms. The molecule has 0 saturated carbocycles. The normalized spacial score (nSPS) is 22.9. The minimum atomic E-state index is -5.40. The Morgan fingerprint density at radius 3 is 2.41 bits per heavy atom. The van der Waals surface area contributed by atoms with Crippen molar-refractivity contribution in [3.8, 4) is 0 Å². The summed E-state index contributed by atoms with van der Waals surface area (Å²) in [4.78, 5) is 54.6. The van der Waals surface area contributed by atoms with E-state index >= 15 is 0 Å². The van der Waals surface area contributed by atoms with Gasteiger partial charge in [0.1, 0.15) is 11.8 Å². The zero-order valence-electron chi connectivity index (χ0n) is 16.4. The van der Waals surface area contributed by atoms with E-state index in [-0.39, 0.29) is 11.3 Å². The molecule has 2 aliphatic heterocycles. The van der Waals surface area contributed by atoms with Crippen molar-refractivity contribution in [3.05, 3.63) is 65.7 Å². The second-order valence-corrected chi connectivity index (χ2v) is 7.30. The van der Waals surface area contributed by atoms with Crippen LogP contribution in [0.3, 0.4) is 0 Å². The van der Waals surface area contributed by atoms with Crippen molar-refractivity contribution in [2.45, 2.75) is 18.6 Å². The molecule has 0 aliphatic carbocycles. The molecule has 1 fully saturated rings. The Labute approximate surface area is 179 Å². The highest BCUT2D eigenvalue weighted by molar-refractivity contribution is 6.35. The number of anilines is 1. The number of fused-ring (bicyclic) bond motifs is 1. The maximum Gasteiger partial charge on any atom is 0.422 e. The minimum absolute atomic E-state index is 0.0945. The van der Waals surface area contributed by atoms with Gasteiger partial charge in [0.15, 0.2) is 0 Å². The van der Waals surface area contributed by atoms with E-state index < -0.39 is 47.2 Å². The number of urea groups is 1. The lowest BCUT2D eigenvalue weighted by Crippen LogP contribution is -2.72. The Morgan fingerprint density at radius 1 is 1.09 bits per heavy atom. The van der Waals surface area contributed by atoms with Crippen molar-refractivity contribution in [1.29, 1.82) is 0 Å². The number of nitrogens with one attached hydrogen (secondary N) is 2. The molecule has 0 aromatic heterocycles. The number of imide groups is 1. The number of nitrogens with zero attached hydrogens (tertiary/aromatic N) is 2. The maximum atomic E-state index is 14.4. The fourth-order valence-corrected chi connectivity index (χ4v) is 3.75. The van der Waals surface area contributed by atoms with E-state index in [1.54, 1.807) is 24.4 Å². The third-order valence-corrected chi connectivity index (χ3v) is 5.22. The molecule has 0 spiro atoms. The van der Waals surface area contributed by atoms with Crippen LogP contribution in [-0.4, -0.2) is 41.3 Å². The standard InChI is InChI=1S/C21H15F3N4O4/c1-11-6-5-7-12(10-11)16(29)27-20(21(22,23)24)14-15(25-18(20)31)28(19(32)26-17(14)30)13-8-3-2-4-9-13/h2-10,14H,1H3,(H,27,29)(H,26,30,32). The predicted octanol–water partition coefficient (Wildman–Crippen LogP) is 2.34. The highest BCUT2D eigenvalue weighted by atomic mass is 19.4. The van der Waals surface area contributed by atoms with Gasteiger partial charge in [-0.3, -0.25) is 19.7 Å². The van der Waals surface area contributed by atoms with Gasteiger partial charge < -0.3 is 5.32 Å². The number of hydrogen-bond acceptors (Lipinski definition) is 4. The molecule has 2 heterocycles. The maximum absolute atomic E-state index is 14.4. The highest BCUT2D eigenvalue weighted by Crippen LogP contribution is 2.44. The van der Waals surface area contributed by atoms with E-state index in [2.05, 4.69) is 4.99 Å². The summed E-state index contributed by atoms with van der Waals surface area (Å²) < 4.78 is 43.2. The summed E-state index contributed by atoms with van der Waals surface area (Å²) in [6.45, 7) is 1.64. The van der Waals surface area contributed by atoms with Gasteiger partial charge >= 0.3 is 12.2 Å². The van der Waals surface area contributed by atoms with Crippen LogP contribution in [0.1, 0.15) is 15.9 Å². The first-order valence-corrected chi connectivity index (χ1v) is 9.35. The zero-order chi connectivity index (χ0) is 23.3. The Bertz CT molecular complexity index is 1180. The van der Waals surface area contributed by atoms with Crippen LogP contribution >= 0.6 is 0 Å². The third kappa shape index (κ3) is 3.13. The lowest BCUT2D eigenvalue weighted by Gasteiger charge is -2.39. The summed E-state index contributed by atoms with van der Waals surface area (Å²) in [6.07, 6.45) is -5.40.